The molecule has 3 amide bonds. The normalized spacial score (nSPS) is 12.9. The van der Waals surface area contributed by atoms with Crippen molar-refractivity contribution in [2.24, 2.45) is 0 Å². The number of anilines is 3. The molecular weight excluding hydrogens is 1140 g/mol. The summed E-state index contributed by atoms with van der Waals surface area (Å²) in [6.45, 7) is 3.38. The van der Waals surface area contributed by atoms with Gasteiger partial charge in [-0.05, 0) is 24.3 Å². The average Bonchev–Trinajstić information content (AvgIpc) is 4.21. The topological polar surface area (TPSA) is 285 Å². The molecule has 7 heterocycles. The standard InChI is InChI=1S/C10H10F3IO.2C10H8F3N5O3.C9H9N5O3/c1-9(2)7-5-3-4-6-8(7)14(15-9)10(11,12)13;1-20-9(19)17-6-3-15-8(18-5-14-4-16-18)2-7(6)21-10(11,12)13;1-20-9(19)16-6-2-3-7(18-5-14-4-15-18)17-8(6)21-10(11,12)13;1-17-9(15)14(16)7-2-3-8(11-4-7)13-6-10-5-12-13/h3-6H,1-2H3;2-5H,1H3,(H,17,19);2-5H,1H3,(H,16,19);2-6,16H,1H3. The Morgan fingerprint density at radius 2 is 1.20 bits per heavy atom. The van der Waals surface area contributed by atoms with Crippen molar-refractivity contribution in [3.8, 4) is 29.1 Å². The molecule has 3 N–H and O–H groups in total. The molecule has 25 nitrogen and oxygen atoms in total. The minimum absolute atomic E-state index is 0.0298. The number of pyridine rings is 3. The molecule has 0 fully saturated rings. The largest absolute Gasteiger partial charge is 0.574 e. The summed E-state index contributed by atoms with van der Waals surface area (Å²) in [6.07, 6.45) is -2.70. The van der Waals surface area contributed by atoms with E-state index in [1.54, 1.807) is 44.2 Å². The quantitative estimate of drug-likeness (QED) is 0.0323. The number of halogens is 10. The van der Waals surface area contributed by atoms with Gasteiger partial charge in [0.25, 0.3) is 0 Å². The van der Waals surface area contributed by atoms with Crippen LogP contribution in [-0.4, -0.2) is 121 Å². The van der Waals surface area contributed by atoms with Crippen molar-refractivity contribution < 1.29 is 85.9 Å². The fourth-order valence-electron chi connectivity index (χ4n) is 5.36. The van der Waals surface area contributed by atoms with Crippen molar-refractivity contribution in [3.63, 3.8) is 0 Å². The minimum Gasteiger partial charge on any atom is -0.453 e. The van der Waals surface area contributed by atoms with Crippen LogP contribution in [0, 0.1) is 3.57 Å². The predicted molar refractivity (Wildman–Crippen MR) is 239 cm³/mol. The number of rotatable bonds is 8. The van der Waals surface area contributed by atoms with Crippen molar-refractivity contribution in [3.05, 3.63) is 114 Å². The van der Waals surface area contributed by atoms with E-state index >= 15 is 0 Å². The molecule has 0 bridgehead atoms. The summed E-state index contributed by atoms with van der Waals surface area (Å²) in [5.74, 6) is -0.928. The number of nitrogens with one attached hydrogen (secondary N) is 2. The van der Waals surface area contributed by atoms with E-state index in [4.69, 9.17) is 3.07 Å². The number of methoxy groups -OCH3 is 3. The Bertz CT molecular complexity index is 2820. The molecule has 7 aromatic rings. The second-order valence-electron chi connectivity index (χ2n) is 13.8. The number of fused-ring (bicyclic) bond motifs is 1. The van der Waals surface area contributed by atoms with Crippen LogP contribution in [0.3, 0.4) is 0 Å². The Morgan fingerprint density at radius 1 is 0.676 bits per heavy atom. The van der Waals surface area contributed by atoms with Gasteiger partial charge in [-0.25, -0.2) is 53.3 Å². The van der Waals surface area contributed by atoms with E-state index in [2.05, 4.69) is 79.5 Å². The zero-order chi connectivity index (χ0) is 54.4. The molecule has 396 valence electrons. The number of hydroxylamine groups is 1. The number of benzene rings is 1. The second kappa shape index (κ2) is 24.3. The van der Waals surface area contributed by atoms with E-state index in [1.807, 2.05) is 0 Å². The molecule has 0 radical (unpaired) electrons. The van der Waals surface area contributed by atoms with Gasteiger partial charge in [0.15, 0.2) is 23.2 Å². The van der Waals surface area contributed by atoms with Gasteiger partial charge in [-0.3, -0.25) is 15.8 Å². The smallest absolute Gasteiger partial charge is 0.453 e. The van der Waals surface area contributed by atoms with E-state index < -0.39 is 72.7 Å². The minimum atomic E-state index is -4.97. The summed E-state index contributed by atoms with van der Waals surface area (Å²) in [5, 5.41) is 25.2. The molecule has 1 aromatic carbocycles. The fourth-order valence-corrected chi connectivity index (χ4v) is 9.74. The number of nitrogens with zero attached hydrogens (tertiary/aromatic N) is 13. The summed E-state index contributed by atoms with van der Waals surface area (Å²) in [7, 11) is 3.30. The molecule has 0 saturated heterocycles. The molecule has 1 aliphatic rings. The first-order chi connectivity index (χ1) is 34.8. The van der Waals surface area contributed by atoms with Gasteiger partial charge in [-0.1, -0.05) is 0 Å². The number of aromatic nitrogens is 12. The van der Waals surface area contributed by atoms with Gasteiger partial charge in [0.05, 0.1) is 39.4 Å². The maximum atomic E-state index is 12.7. The van der Waals surface area contributed by atoms with Crippen LogP contribution in [0.5, 0.6) is 11.6 Å². The molecule has 0 unspecified atom stereocenters. The maximum Gasteiger partial charge on any atom is 0.574 e. The molecule has 74 heavy (non-hydrogen) atoms. The van der Waals surface area contributed by atoms with Crippen molar-refractivity contribution in [2.75, 3.05) is 37.0 Å². The molecular formula is C39H35F9IN15O10. The number of amides is 3. The molecule has 6 aromatic heterocycles. The van der Waals surface area contributed by atoms with Crippen molar-refractivity contribution in [2.45, 2.75) is 36.4 Å². The molecule has 0 atom stereocenters. The fraction of sp³-hybridized carbons (Fsp3) is 0.231. The number of hydrogen-bond donors (Lipinski definition) is 3. The maximum absolute atomic E-state index is 12.7. The van der Waals surface area contributed by atoms with E-state index in [0.717, 1.165) is 35.8 Å². The third kappa shape index (κ3) is 16.0. The van der Waals surface area contributed by atoms with Crippen LogP contribution < -0.4 is 25.2 Å². The van der Waals surface area contributed by atoms with Gasteiger partial charge in [0.1, 0.15) is 49.3 Å². The van der Waals surface area contributed by atoms with Crippen LogP contribution in [0.25, 0.3) is 17.5 Å². The monoisotopic (exact) mass is 1170 g/mol. The molecule has 0 saturated carbocycles. The van der Waals surface area contributed by atoms with Gasteiger partial charge in [0.2, 0.25) is 5.88 Å². The first kappa shape index (κ1) is 56.4. The van der Waals surface area contributed by atoms with Crippen molar-refractivity contribution in [1.29, 1.82) is 0 Å². The van der Waals surface area contributed by atoms with Crippen molar-refractivity contribution in [1.82, 2.24) is 59.2 Å². The third-order valence-corrected chi connectivity index (χ3v) is 13.1. The van der Waals surface area contributed by atoms with E-state index in [1.165, 1.54) is 74.2 Å². The molecule has 8 rings (SSSR count). The Labute approximate surface area is 416 Å². The van der Waals surface area contributed by atoms with E-state index in [-0.39, 0.29) is 28.7 Å². The number of hydrogen-bond acceptors (Lipinski definition) is 19. The second-order valence-corrected chi connectivity index (χ2v) is 18.1. The Balaban J connectivity index is 0.000000184. The molecule has 35 heteroatoms. The average molecular weight is 1170 g/mol. The van der Waals surface area contributed by atoms with Crippen LogP contribution in [-0.2, 0) is 22.9 Å². The number of ether oxygens (including phenoxy) is 5. The van der Waals surface area contributed by atoms with E-state index in [9.17, 15) is 59.1 Å². The van der Waals surface area contributed by atoms with Crippen LogP contribution in [0.1, 0.15) is 19.4 Å². The SMILES string of the molecule is CC1(C)OI(C(F)(F)F)c2ccccc21.COC(=O)N(O)c1ccc(-n2cncn2)nc1.COC(=O)Nc1ccc(-n2cncn2)nc1OC(F)(F)F.COC(=O)Nc1cnc(-n2cncn2)cc1OC(F)(F)F. The van der Waals surface area contributed by atoms with Gasteiger partial charge >= 0.3 is 125 Å². The summed E-state index contributed by atoms with van der Waals surface area (Å²) in [6, 6.07) is 13.2. The van der Waals surface area contributed by atoms with Crippen molar-refractivity contribution >= 4 is 55.6 Å². The van der Waals surface area contributed by atoms with Crippen LogP contribution in [0.4, 0.5) is 71.0 Å². The first-order valence-electron chi connectivity index (χ1n) is 19.7. The molecule has 0 spiro atoms. The molecule has 0 aliphatic carbocycles. The summed E-state index contributed by atoms with van der Waals surface area (Å²) in [4.78, 5) is 55.8. The Morgan fingerprint density at radius 3 is 1.70 bits per heavy atom. The van der Waals surface area contributed by atoms with Gasteiger partial charge in [-0.2, -0.15) is 25.3 Å². The number of carbonyl (C=O) groups excluding carboxylic acids is 3. The van der Waals surface area contributed by atoms with Gasteiger partial charge < -0.3 is 23.7 Å². The third-order valence-electron chi connectivity index (χ3n) is 8.44. The summed E-state index contributed by atoms with van der Waals surface area (Å²) < 4.78 is 138. The zero-order valence-corrected chi connectivity index (χ0v) is 40.2. The van der Waals surface area contributed by atoms with Crippen LogP contribution in [0.15, 0.2) is 105 Å². The number of alkyl halides is 10. The molecule has 1 aliphatic heterocycles. The Hall–Kier alpha value is -8.48. The zero-order valence-electron chi connectivity index (χ0n) is 38.0. The Kier molecular flexibility index (Phi) is 18.5. The first-order valence-corrected chi connectivity index (χ1v) is 22.7. The summed E-state index contributed by atoms with van der Waals surface area (Å²) >= 11 is -3.48. The van der Waals surface area contributed by atoms with Crippen LogP contribution in [0.2, 0.25) is 0 Å². The summed E-state index contributed by atoms with van der Waals surface area (Å²) in [5.41, 5.74) is -0.518. The van der Waals surface area contributed by atoms with E-state index in [0.29, 0.717) is 20.0 Å². The number of carbonyl (C=O) groups is 3. The van der Waals surface area contributed by atoms with Gasteiger partial charge in [0, 0.05) is 6.07 Å². The predicted octanol–water partition coefficient (Wildman–Crippen LogP) is 8.17. The van der Waals surface area contributed by atoms with Crippen LogP contribution >= 0.6 is 20.2 Å². The van der Waals surface area contributed by atoms with Gasteiger partial charge in [-0.15, -0.1) is 26.3 Å².